The zero-order valence-corrected chi connectivity index (χ0v) is 20.6. The van der Waals surface area contributed by atoms with Gasteiger partial charge in [-0.15, -0.1) is 24.8 Å². The van der Waals surface area contributed by atoms with Gasteiger partial charge in [-0.3, -0.25) is 9.98 Å². The van der Waals surface area contributed by atoms with Gasteiger partial charge in [0.1, 0.15) is 11.7 Å². The molecule has 0 fully saturated rings. The molecule has 0 radical (unpaired) electrons. The van der Waals surface area contributed by atoms with Gasteiger partial charge in [-0.05, 0) is 56.0 Å². The van der Waals surface area contributed by atoms with E-state index in [1.165, 1.54) is 0 Å². The maximum Gasteiger partial charge on any atom is 0.125 e. The van der Waals surface area contributed by atoms with Crippen LogP contribution in [0.4, 0.5) is 0 Å². The van der Waals surface area contributed by atoms with Gasteiger partial charge in [-0.2, -0.15) is 0 Å². The third-order valence-corrected chi connectivity index (χ3v) is 4.69. The number of halogens is 2. The Morgan fingerprint density at radius 3 is 1.22 bits per heavy atom. The SMILES string of the molecule is CC(C)N=C(N)c1ccc(-c2cccc(-c3ccc(C(N)=NC(C)C)cc3)c2)cc1.Cl.Cl. The number of benzene rings is 3. The van der Waals surface area contributed by atoms with E-state index < -0.39 is 0 Å². The Morgan fingerprint density at radius 1 is 0.562 bits per heavy atom. The zero-order chi connectivity index (χ0) is 21.7. The number of amidine groups is 2. The van der Waals surface area contributed by atoms with Crippen molar-refractivity contribution in [2.24, 2.45) is 21.5 Å². The molecule has 32 heavy (non-hydrogen) atoms. The fraction of sp³-hybridized carbons (Fsp3) is 0.231. The van der Waals surface area contributed by atoms with Crippen molar-refractivity contribution >= 4 is 36.5 Å². The van der Waals surface area contributed by atoms with Crippen LogP contribution in [0.2, 0.25) is 0 Å². The van der Waals surface area contributed by atoms with Crippen LogP contribution in [0.15, 0.2) is 82.8 Å². The molecule has 0 heterocycles. The Balaban J connectivity index is 0.00000256. The normalized spacial score (nSPS) is 11.8. The smallest absolute Gasteiger partial charge is 0.125 e. The highest BCUT2D eigenvalue weighted by Gasteiger charge is 2.05. The quantitative estimate of drug-likeness (QED) is 0.337. The Kier molecular flexibility index (Phi) is 10.4. The van der Waals surface area contributed by atoms with Crippen molar-refractivity contribution in [2.45, 2.75) is 39.8 Å². The van der Waals surface area contributed by atoms with E-state index in [9.17, 15) is 0 Å². The van der Waals surface area contributed by atoms with Crippen LogP contribution in [0.5, 0.6) is 0 Å². The minimum absolute atomic E-state index is 0. The molecule has 0 aliphatic heterocycles. The first kappa shape index (κ1) is 27.2. The largest absolute Gasteiger partial charge is 0.383 e. The van der Waals surface area contributed by atoms with E-state index in [2.05, 4.69) is 58.5 Å². The lowest BCUT2D eigenvalue weighted by Crippen LogP contribution is -2.15. The number of nitrogens with zero attached hydrogens (tertiary/aromatic N) is 2. The van der Waals surface area contributed by atoms with Crippen LogP contribution >= 0.6 is 24.8 Å². The predicted octanol–water partition coefficient (Wildman–Crippen LogP) is 6.09. The van der Waals surface area contributed by atoms with E-state index in [0.29, 0.717) is 11.7 Å². The predicted molar refractivity (Wildman–Crippen MR) is 144 cm³/mol. The van der Waals surface area contributed by atoms with E-state index in [4.69, 9.17) is 11.5 Å². The summed E-state index contributed by atoms with van der Waals surface area (Å²) in [4.78, 5) is 8.83. The number of aliphatic imine (C=N–C) groups is 2. The fourth-order valence-corrected chi connectivity index (χ4v) is 3.25. The van der Waals surface area contributed by atoms with Crippen LogP contribution in [0.1, 0.15) is 38.8 Å². The third-order valence-electron chi connectivity index (χ3n) is 4.69. The highest BCUT2D eigenvalue weighted by Crippen LogP contribution is 2.27. The molecular weight excluding hydrogens is 439 g/mol. The molecule has 3 aromatic rings. The fourth-order valence-electron chi connectivity index (χ4n) is 3.25. The lowest BCUT2D eigenvalue weighted by Gasteiger charge is -2.09. The van der Waals surface area contributed by atoms with Crippen molar-refractivity contribution in [1.82, 2.24) is 0 Å². The molecule has 0 aliphatic rings. The molecule has 0 amide bonds. The van der Waals surface area contributed by atoms with Crippen molar-refractivity contribution in [3.05, 3.63) is 83.9 Å². The van der Waals surface area contributed by atoms with E-state index in [1.807, 2.05) is 52.0 Å². The summed E-state index contributed by atoms with van der Waals surface area (Å²) in [6, 6.07) is 25.3. The average molecular weight is 471 g/mol. The summed E-state index contributed by atoms with van der Waals surface area (Å²) in [6.45, 7) is 8.07. The van der Waals surface area contributed by atoms with Crippen molar-refractivity contribution in [3.63, 3.8) is 0 Å². The molecule has 0 saturated heterocycles. The van der Waals surface area contributed by atoms with Gasteiger partial charge in [-0.25, -0.2) is 0 Å². The average Bonchev–Trinajstić information content (AvgIpc) is 2.73. The zero-order valence-electron chi connectivity index (χ0n) is 18.9. The first-order valence-corrected chi connectivity index (χ1v) is 10.3. The van der Waals surface area contributed by atoms with E-state index in [1.54, 1.807) is 0 Å². The van der Waals surface area contributed by atoms with Gasteiger partial charge < -0.3 is 11.5 Å². The van der Waals surface area contributed by atoms with Crippen molar-refractivity contribution in [2.75, 3.05) is 0 Å². The molecule has 0 aliphatic carbocycles. The Morgan fingerprint density at radius 2 is 0.906 bits per heavy atom. The summed E-state index contributed by atoms with van der Waals surface area (Å²) < 4.78 is 0. The van der Waals surface area contributed by atoms with Crippen molar-refractivity contribution in [3.8, 4) is 22.3 Å². The molecule has 0 bridgehead atoms. The lowest BCUT2D eigenvalue weighted by atomic mass is 9.97. The van der Waals surface area contributed by atoms with Crippen LogP contribution < -0.4 is 11.5 Å². The molecule has 4 nitrogen and oxygen atoms in total. The van der Waals surface area contributed by atoms with Gasteiger partial charge in [0.15, 0.2) is 0 Å². The van der Waals surface area contributed by atoms with Gasteiger partial charge in [0, 0.05) is 23.2 Å². The molecule has 0 spiro atoms. The van der Waals surface area contributed by atoms with Crippen LogP contribution in [0.25, 0.3) is 22.3 Å². The lowest BCUT2D eigenvalue weighted by molar-refractivity contribution is 0.834. The molecule has 3 aromatic carbocycles. The summed E-state index contributed by atoms with van der Waals surface area (Å²) in [5, 5.41) is 0. The number of rotatable bonds is 6. The van der Waals surface area contributed by atoms with E-state index in [-0.39, 0.29) is 36.9 Å². The summed E-state index contributed by atoms with van der Waals surface area (Å²) >= 11 is 0. The van der Waals surface area contributed by atoms with Crippen molar-refractivity contribution in [1.29, 1.82) is 0 Å². The van der Waals surface area contributed by atoms with Gasteiger partial charge in [-0.1, -0.05) is 66.7 Å². The molecule has 0 atom stereocenters. The number of hydrogen-bond acceptors (Lipinski definition) is 2. The molecule has 3 rings (SSSR count). The molecule has 0 unspecified atom stereocenters. The number of hydrogen-bond donors (Lipinski definition) is 2. The first-order chi connectivity index (χ1) is 14.3. The van der Waals surface area contributed by atoms with Gasteiger partial charge in [0.05, 0.1) is 0 Å². The second-order valence-corrected chi connectivity index (χ2v) is 7.95. The first-order valence-electron chi connectivity index (χ1n) is 10.3. The molecule has 170 valence electrons. The van der Waals surface area contributed by atoms with Crippen LogP contribution in [-0.2, 0) is 0 Å². The van der Waals surface area contributed by atoms with Crippen LogP contribution in [-0.4, -0.2) is 23.8 Å². The number of nitrogens with two attached hydrogens (primary N) is 2. The summed E-state index contributed by atoms with van der Waals surface area (Å²) in [7, 11) is 0. The maximum absolute atomic E-state index is 6.08. The minimum Gasteiger partial charge on any atom is -0.383 e. The molecular formula is C26H32Cl2N4. The molecule has 0 aromatic heterocycles. The molecule has 6 heteroatoms. The Labute approximate surface area is 203 Å². The van der Waals surface area contributed by atoms with Gasteiger partial charge >= 0.3 is 0 Å². The van der Waals surface area contributed by atoms with Crippen molar-refractivity contribution < 1.29 is 0 Å². The molecule has 0 saturated carbocycles. The second kappa shape index (κ2) is 12.3. The van der Waals surface area contributed by atoms with E-state index in [0.717, 1.165) is 33.4 Å². The Hall–Kier alpha value is -2.82. The second-order valence-electron chi connectivity index (χ2n) is 7.95. The monoisotopic (exact) mass is 470 g/mol. The summed E-state index contributed by atoms with van der Waals surface area (Å²) in [6.07, 6.45) is 0. The van der Waals surface area contributed by atoms with Crippen LogP contribution in [0, 0.1) is 0 Å². The standard InChI is InChI=1S/C26H30N4.2ClH/c1-17(2)29-25(27)21-12-8-19(9-13-21)23-6-5-7-24(16-23)20-10-14-22(15-11-20)26(28)30-18(3)4;;/h5-18H,1-4H3,(H2,27,29)(H2,28,30);2*1H. The highest BCUT2D eigenvalue weighted by atomic mass is 35.5. The topological polar surface area (TPSA) is 76.8 Å². The van der Waals surface area contributed by atoms with Crippen LogP contribution in [0.3, 0.4) is 0 Å². The Bertz CT molecular complexity index is 971. The summed E-state index contributed by atoms with van der Waals surface area (Å²) in [5.74, 6) is 1.15. The minimum atomic E-state index is 0. The molecule has 4 N–H and O–H groups in total. The maximum atomic E-state index is 6.08. The van der Waals surface area contributed by atoms with E-state index >= 15 is 0 Å². The van der Waals surface area contributed by atoms with Gasteiger partial charge in [0.2, 0.25) is 0 Å². The van der Waals surface area contributed by atoms with Gasteiger partial charge in [0.25, 0.3) is 0 Å². The highest BCUT2D eigenvalue weighted by molar-refractivity contribution is 5.98. The third kappa shape index (κ3) is 7.11. The summed E-state index contributed by atoms with van der Waals surface area (Å²) in [5.41, 5.74) is 18.6.